The van der Waals surface area contributed by atoms with E-state index in [0.717, 1.165) is 12.5 Å². The van der Waals surface area contributed by atoms with E-state index >= 15 is 0 Å². The van der Waals surface area contributed by atoms with Crippen molar-refractivity contribution in [2.24, 2.45) is 0 Å². The Kier molecular flexibility index (Phi) is 2.93. The van der Waals surface area contributed by atoms with Crippen LogP contribution in [0, 0.1) is 0 Å². The average Bonchev–Trinajstić information content (AvgIpc) is 2.16. The van der Waals surface area contributed by atoms with Crippen LogP contribution in [0.15, 0.2) is 12.1 Å². The summed E-state index contributed by atoms with van der Waals surface area (Å²) >= 11 is 5.71. The number of carbonyl (C=O) groups is 1. The number of aliphatic hydroxyl groups is 2. The lowest BCUT2D eigenvalue weighted by Gasteiger charge is -1.95. The first-order chi connectivity index (χ1) is 6.22. The molecule has 0 saturated heterocycles. The van der Waals surface area contributed by atoms with Crippen LogP contribution in [0.3, 0.4) is 0 Å². The maximum absolute atomic E-state index is 10.5. The Morgan fingerprint density at radius 1 is 1.23 bits per heavy atom. The third-order valence-electron chi connectivity index (χ3n) is 1.59. The van der Waals surface area contributed by atoms with E-state index in [1.54, 1.807) is 0 Å². The lowest BCUT2D eigenvalue weighted by Crippen LogP contribution is -2.16. The largest absolute Gasteiger partial charge is 0.515 e. The summed E-state index contributed by atoms with van der Waals surface area (Å²) in [6, 6.07) is 2.86. The first-order valence-electron chi connectivity index (χ1n) is 3.46. The lowest BCUT2D eigenvalue weighted by atomic mass is 10.1. The van der Waals surface area contributed by atoms with E-state index in [2.05, 4.69) is 0 Å². The fourth-order valence-corrected chi connectivity index (χ4v) is 1.25. The van der Waals surface area contributed by atoms with E-state index < -0.39 is 0 Å². The van der Waals surface area contributed by atoms with Gasteiger partial charge in [0.15, 0.2) is 6.29 Å². The average molecular weight is 199 g/mol. The molecule has 0 amide bonds. The van der Waals surface area contributed by atoms with Crippen LogP contribution in [0.25, 0.3) is 12.5 Å². The van der Waals surface area contributed by atoms with Gasteiger partial charge in [-0.05, 0) is 12.1 Å². The predicted molar refractivity (Wildman–Crippen MR) is 50.3 cm³/mol. The Morgan fingerprint density at radius 3 is 2.38 bits per heavy atom. The Bertz CT molecular complexity index is 437. The summed E-state index contributed by atoms with van der Waals surface area (Å²) in [5, 5.41) is 18.3. The Balaban J connectivity index is 3.67. The fourth-order valence-electron chi connectivity index (χ4n) is 0.969. The standard InChI is InChI=1S/C9H7ClO3/c10-9-2-6(3-11)1-7(4-12)8(9)5-13/h1-5,11,13H. The van der Waals surface area contributed by atoms with E-state index in [9.17, 15) is 4.79 Å². The number of rotatable bonds is 1. The van der Waals surface area contributed by atoms with Crippen LogP contribution in [0.4, 0.5) is 0 Å². The molecule has 2 N–H and O–H groups in total. The monoisotopic (exact) mass is 198 g/mol. The van der Waals surface area contributed by atoms with Gasteiger partial charge in [0.25, 0.3) is 0 Å². The van der Waals surface area contributed by atoms with Gasteiger partial charge in [0.2, 0.25) is 0 Å². The zero-order valence-electron chi connectivity index (χ0n) is 6.57. The van der Waals surface area contributed by atoms with E-state index in [0.29, 0.717) is 11.5 Å². The summed E-state index contributed by atoms with van der Waals surface area (Å²) in [6.07, 6.45) is 2.15. The number of carbonyl (C=O) groups excluding carboxylic acids is 1. The van der Waals surface area contributed by atoms with Gasteiger partial charge in [-0.25, -0.2) is 0 Å². The summed E-state index contributed by atoms with van der Waals surface area (Å²) in [6.45, 7) is 0. The van der Waals surface area contributed by atoms with Crippen LogP contribution in [0.1, 0.15) is 10.4 Å². The van der Waals surface area contributed by atoms with E-state index in [1.807, 2.05) is 0 Å². The molecule has 0 radical (unpaired) electrons. The number of hydrogen-bond donors (Lipinski definition) is 2. The van der Waals surface area contributed by atoms with E-state index in [1.165, 1.54) is 12.1 Å². The Morgan fingerprint density at radius 2 is 1.92 bits per heavy atom. The second-order valence-corrected chi connectivity index (χ2v) is 2.79. The second-order valence-electron chi connectivity index (χ2n) is 2.38. The Hall–Kier alpha value is -1.48. The highest BCUT2D eigenvalue weighted by molar-refractivity contribution is 6.30. The molecule has 0 saturated carbocycles. The predicted octanol–water partition coefficient (Wildman–Crippen LogP) is 0.745. The van der Waals surface area contributed by atoms with Crippen molar-refractivity contribution in [2.45, 2.75) is 0 Å². The van der Waals surface area contributed by atoms with Crippen molar-refractivity contribution < 1.29 is 15.0 Å². The smallest absolute Gasteiger partial charge is 0.150 e. The summed E-state index contributed by atoms with van der Waals surface area (Å²) in [5.74, 6) is 0. The SMILES string of the molecule is O=Cc1cc(=CO)cc(Cl)c1=CO. The third-order valence-corrected chi connectivity index (χ3v) is 1.90. The first-order valence-corrected chi connectivity index (χ1v) is 3.84. The quantitative estimate of drug-likeness (QED) is 0.655. The van der Waals surface area contributed by atoms with Crippen molar-refractivity contribution in [3.05, 3.63) is 33.2 Å². The van der Waals surface area contributed by atoms with Gasteiger partial charge >= 0.3 is 0 Å². The molecule has 13 heavy (non-hydrogen) atoms. The van der Waals surface area contributed by atoms with Crippen molar-refractivity contribution in [3.63, 3.8) is 0 Å². The zero-order valence-corrected chi connectivity index (χ0v) is 7.32. The van der Waals surface area contributed by atoms with Crippen molar-refractivity contribution in [1.82, 2.24) is 0 Å². The summed E-state index contributed by atoms with van der Waals surface area (Å²) in [5.41, 5.74) is 0.232. The van der Waals surface area contributed by atoms with Gasteiger partial charge in [0, 0.05) is 16.0 Å². The van der Waals surface area contributed by atoms with Crippen LogP contribution in [-0.2, 0) is 0 Å². The molecule has 0 atom stereocenters. The molecule has 0 aliphatic heterocycles. The maximum atomic E-state index is 10.5. The highest BCUT2D eigenvalue weighted by atomic mass is 35.5. The van der Waals surface area contributed by atoms with Gasteiger partial charge in [0.1, 0.15) is 0 Å². The van der Waals surface area contributed by atoms with Crippen LogP contribution in [0.2, 0.25) is 5.02 Å². The van der Waals surface area contributed by atoms with Crippen LogP contribution in [-0.4, -0.2) is 16.5 Å². The Labute approximate surface area is 79.2 Å². The molecule has 0 aliphatic rings. The van der Waals surface area contributed by atoms with Crippen molar-refractivity contribution >= 4 is 30.4 Å². The summed E-state index contributed by atoms with van der Waals surface area (Å²) in [4.78, 5) is 10.5. The highest BCUT2D eigenvalue weighted by Gasteiger charge is 1.99. The van der Waals surface area contributed by atoms with Gasteiger partial charge in [-0.1, -0.05) is 11.6 Å². The molecule has 0 spiro atoms. The minimum absolute atomic E-state index is 0.215. The normalized spacial score (nSPS) is 13.3. The second kappa shape index (κ2) is 3.96. The molecule has 1 aromatic rings. The van der Waals surface area contributed by atoms with Gasteiger partial charge in [0.05, 0.1) is 17.5 Å². The molecular weight excluding hydrogens is 192 g/mol. The molecule has 0 unspecified atom stereocenters. The van der Waals surface area contributed by atoms with Gasteiger partial charge in [-0.15, -0.1) is 0 Å². The van der Waals surface area contributed by atoms with Crippen molar-refractivity contribution in [1.29, 1.82) is 0 Å². The van der Waals surface area contributed by atoms with Crippen molar-refractivity contribution in [2.75, 3.05) is 0 Å². The van der Waals surface area contributed by atoms with Crippen LogP contribution < -0.4 is 10.4 Å². The first kappa shape index (κ1) is 9.61. The lowest BCUT2D eigenvalue weighted by molar-refractivity contribution is 0.112. The minimum Gasteiger partial charge on any atom is -0.515 e. The van der Waals surface area contributed by atoms with Gasteiger partial charge in [-0.2, -0.15) is 0 Å². The molecule has 0 fully saturated rings. The number of aliphatic hydroxyl groups excluding tert-OH is 2. The molecule has 1 aromatic carbocycles. The fraction of sp³-hybridized carbons (Fsp3) is 0. The summed E-state index contributed by atoms with van der Waals surface area (Å²) in [7, 11) is 0. The molecule has 68 valence electrons. The highest BCUT2D eigenvalue weighted by Crippen LogP contribution is 1.98. The molecule has 0 heterocycles. The minimum atomic E-state index is 0.215. The molecule has 0 aromatic heterocycles. The van der Waals surface area contributed by atoms with E-state index in [4.69, 9.17) is 21.8 Å². The molecule has 0 bridgehead atoms. The number of benzene rings is 1. The molecule has 3 nitrogen and oxygen atoms in total. The zero-order chi connectivity index (χ0) is 9.84. The van der Waals surface area contributed by atoms with Crippen LogP contribution in [0.5, 0.6) is 0 Å². The third kappa shape index (κ3) is 1.81. The number of hydrogen-bond acceptors (Lipinski definition) is 3. The number of aldehydes is 1. The van der Waals surface area contributed by atoms with Crippen LogP contribution >= 0.6 is 11.6 Å². The summed E-state index contributed by atoms with van der Waals surface area (Å²) < 4.78 is 0. The van der Waals surface area contributed by atoms with Gasteiger partial charge < -0.3 is 10.2 Å². The van der Waals surface area contributed by atoms with E-state index in [-0.39, 0.29) is 15.8 Å². The topological polar surface area (TPSA) is 57.5 Å². The maximum Gasteiger partial charge on any atom is 0.150 e. The molecule has 4 heteroatoms. The number of halogens is 1. The molecular formula is C9H7ClO3. The molecule has 0 aliphatic carbocycles. The molecule has 1 rings (SSSR count). The van der Waals surface area contributed by atoms with Crippen molar-refractivity contribution in [3.8, 4) is 0 Å². The van der Waals surface area contributed by atoms with Gasteiger partial charge in [-0.3, -0.25) is 4.79 Å².